The molecule has 0 bridgehead atoms. The highest BCUT2D eigenvalue weighted by Crippen LogP contribution is 2.30. The van der Waals surface area contributed by atoms with Gasteiger partial charge in [-0.15, -0.1) is 0 Å². The van der Waals surface area contributed by atoms with Gasteiger partial charge in [0.05, 0.1) is 25.5 Å². The second kappa shape index (κ2) is 10.2. The number of amides is 1. The highest BCUT2D eigenvalue weighted by Gasteiger charge is 2.14. The van der Waals surface area contributed by atoms with Crippen molar-refractivity contribution in [3.63, 3.8) is 0 Å². The van der Waals surface area contributed by atoms with E-state index in [0.717, 1.165) is 11.1 Å². The first-order valence-corrected chi connectivity index (χ1v) is 8.96. The molecule has 1 unspecified atom stereocenters. The fraction of sp³-hybridized carbons (Fsp3) is 0.333. The van der Waals surface area contributed by atoms with Crippen LogP contribution in [0.5, 0.6) is 11.5 Å². The summed E-state index contributed by atoms with van der Waals surface area (Å²) in [5, 5.41) is 6.70. The van der Waals surface area contributed by atoms with Gasteiger partial charge in [-0.05, 0) is 56.2 Å². The molecule has 1 atom stereocenters. The molecule has 0 heterocycles. The zero-order chi connectivity index (χ0) is 19.6. The Morgan fingerprint density at radius 1 is 1.07 bits per heavy atom. The Morgan fingerprint density at radius 2 is 1.74 bits per heavy atom. The predicted octanol–water partition coefficient (Wildman–Crippen LogP) is 3.96. The smallest absolute Gasteiger partial charge is 0.251 e. The van der Waals surface area contributed by atoms with Crippen molar-refractivity contribution in [2.45, 2.75) is 26.8 Å². The number of hydrogen-bond donors (Lipinski definition) is 1. The minimum absolute atomic E-state index is 0.149. The Morgan fingerprint density at radius 3 is 2.37 bits per heavy atom. The first-order valence-electron chi connectivity index (χ1n) is 8.96. The molecule has 0 saturated heterocycles. The Labute approximate surface area is 160 Å². The molecular formula is C21H26N2O4. The number of carbonyl (C=O) groups excluding carboxylic acids is 1. The van der Waals surface area contributed by atoms with E-state index >= 15 is 0 Å². The fourth-order valence-corrected chi connectivity index (χ4v) is 2.53. The Bertz CT molecular complexity index is 772. The minimum Gasteiger partial charge on any atom is -0.490 e. The summed E-state index contributed by atoms with van der Waals surface area (Å²) in [7, 11) is 1.48. The number of rotatable bonds is 9. The summed E-state index contributed by atoms with van der Waals surface area (Å²) in [6.45, 7) is 6.90. The largest absolute Gasteiger partial charge is 0.490 e. The van der Waals surface area contributed by atoms with E-state index in [0.29, 0.717) is 30.3 Å². The van der Waals surface area contributed by atoms with E-state index in [2.05, 4.69) is 15.3 Å². The Kier molecular flexibility index (Phi) is 7.67. The third-order valence-corrected chi connectivity index (χ3v) is 3.90. The molecule has 0 aliphatic heterocycles. The monoisotopic (exact) mass is 370 g/mol. The minimum atomic E-state index is -0.179. The van der Waals surface area contributed by atoms with E-state index in [1.807, 2.05) is 51.1 Å². The summed E-state index contributed by atoms with van der Waals surface area (Å²) >= 11 is 0. The fourth-order valence-electron chi connectivity index (χ4n) is 2.53. The molecule has 0 spiro atoms. The summed E-state index contributed by atoms with van der Waals surface area (Å²) in [5.41, 5.74) is 2.38. The maximum absolute atomic E-state index is 12.5. The van der Waals surface area contributed by atoms with Crippen LogP contribution >= 0.6 is 0 Å². The van der Waals surface area contributed by atoms with Crippen molar-refractivity contribution in [1.82, 2.24) is 5.32 Å². The lowest BCUT2D eigenvalue weighted by molar-refractivity contribution is 0.0940. The van der Waals surface area contributed by atoms with Gasteiger partial charge in [0.25, 0.3) is 5.91 Å². The molecule has 2 rings (SSSR count). The zero-order valence-electron chi connectivity index (χ0n) is 16.2. The standard InChI is InChI=1S/C21H26N2O4/c1-5-26-19-12-11-18(13-20(19)27-6-2)15(3)23-21(24)17-9-7-16(8-10-17)14-22-25-4/h7-15H,5-6H2,1-4H3,(H,23,24)/b22-14+. The van der Waals surface area contributed by atoms with Crippen molar-refractivity contribution >= 4 is 12.1 Å². The quantitative estimate of drug-likeness (QED) is 0.536. The summed E-state index contributed by atoms with van der Waals surface area (Å²) in [4.78, 5) is 17.2. The molecule has 27 heavy (non-hydrogen) atoms. The van der Waals surface area contributed by atoms with Crippen LogP contribution in [0.1, 0.15) is 48.3 Å². The summed E-state index contributed by atoms with van der Waals surface area (Å²) in [5.74, 6) is 1.24. The van der Waals surface area contributed by atoms with Crippen molar-refractivity contribution < 1.29 is 19.1 Å². The van der Waals surface area contributed by atoms with E-state index in [1.54, 1.807) is 18.3 Å². The average Bonchev–Trinajstić information content (AvgIpc) is 2.68. The molecule has 6 nitrogen and oxygen atoms in total. The zero-order valence-corrected chi connectivity index (χ0v) is 16.2. The van der Waals surface area contributed by atoms with Gasteiger partial charge in [0, 0.05) is 5.56 Å². The van der Waals surface area contributed by atoms with Crippen molar-refractivity contribution in [2.24, 2.45) is 5.16 Å². The normalized spacial score (nSPS) is 11.9. The number of benzene rings is 2. The maximum atomic E-state index is 12.5. The van der Waals surface area contributed by atoms with Crippen molar-refractivity contribution in [3.8, 4) is 11.5 Å². The van der Waals surface area contributed by atoms with E-state index < -0.39 is 0 Å². The molecule has 0 aliphatic carbocycles. The molecule has 0 saturated carbocycles. The third-order valence-electron chi connectivity index (χ3n) is 3.90. The van der Waals surface area contributed by atoms with E-state index in [1.165, 1.54) is 7.11 Å². The van der Waals surface area contributed by atoms with E-state index in [4.69, 9.17) is 9.47 Å². The summed E-state index contributed by atoms with van der Waals surface area (Å²) in [6.07, 6.45) is 1.58. The summed E-state index contributed by atoms with van der Waals surface area (Å²) < 4.78 is 11.2. The number of hydrogen-bond acceptors (Lipinski definition) is 5. The first-order chi connectivity index (χ1) is 13.1. The Balaban J connectivity index is 2.09. The van der Waals surface area contributed by atoms with Crippen molar-refractivity contribution in [2.75, 3.05) is 20.3 Å². The molecule has 1 N–H and O–H groups in total. The topological polar surface area (TPSA) is 69.2 Å². The van der Waals surface area contributed by atoms with Gasteiger partial charge >= 0.3 is 0 Å². The number of ether oxygens (including phenoxy) is 2. The van der Waals surface area contributed by atoms with Crippen LogP contribution in [0.25, 0.3) is 0 Å². The van der Waals surface area contributed by atoms with Gasteiger partial charge in [-0.3, -0.25) is 4.79 Å². The number of nitrogens with zero attached hydrogens (tertiary/aromatic N) is 1. The number of carbonyl (C=O) groups is 1. The lowest BCUT2D eigenvalue weighted by atomic mass is 10.1. The molecule has 2 aromatic carbocycles. The molecule has 144 valence electrons. The number of nitrogens with one attached hydrogen (secondary N) is 1. The van der Waals surface area contributed by atoms with Crippen LogP contribution in [0, 0.1) is 0 Å². The molecule has 0 radical (unpaired) electrons. The maximum Gasteiger partial charge on any atom is 0.251 e. The average molecular weight is 370 g/mol. The third kappa shape index (κ3) is 5.74. The van der Waals surface area contributed by atoms with E-state index in [9.17, 15) is 4.79 Å². The molecule has 1 amide bonds. The molecular weight excluding hydrogens is 344 g/mol. The highest BCUT2D eigenvalue weighted by molar-refractivity contribution is 5.95. The second-order valence-electron chi connectivity index (χ2n) is 5.81. The first kappa shape index (κ1) is 20.3. The van der Waals surface area contributed by atoms with Crippen LogP contribution in [-0.4, -0.2) is 32.4 Å². The van der Waals surface area contributed by atoms with Gasteiger partial charge in [-0.2, -0.15) is 0 Å². The van der Waals surface area contributed by atoms with Crippen molar-refractivity contribution in [3.05, 3.63) is 59.2 Å². The molecule has 2 aromatic rings. The molecule has 6 heteroatoms. The second-order valence-corrected chi connectivity index (χ2v) is 5.81. The van der Waals surface area contributed by atoms with Crippen molar-refractivity contribution in [1.29, 1.82) is 0 Å². The SMILES string of the molecule is CCOc1ccc(C(C)NC(=O)c2ccc(/C=N/OC)cc2)cc1OCC. The van der Waals surface area contributed by atoms with Crippen LogP contribution in [0.4, 0.5) is 0 Å². The van der Waals surface area contributed by atoms with Gasteiger partial charge in [0.1, 0.15) is 7.11 Å². The summed E-state index contributed by atoms with van der Waals surface area (Å²) in [6, 6.07) is 12.7. The lowest BCUT2D eigenvalue weighted by Gasteiger charge is -2.17. The van der Waals surface area contributed by atoms with Gasteiger partial charge in [-0.25, -0.2) is 0 Å². The van der Waals surface area contributed by atoms with Crippen LogP contribution in [0.15, 0.2) is 47.6 Å². The number of oxime groups is 1. The van der Waals surface area contributed by atoms with Crippen LogP contribution in [0.3, 0.4) is 0 Å². The predicted molar refractivity (Wildman–Crippen MR) is 106 cm³/mol. The highest BCUT2D eigenvalue weighted by atomic mass is 16.6. The molecule has 0 fully saturated rings. The Hall–Kier alpha value is -3.02. The molecule has 0 aliphatic rings. The van der Waals surface area contributed by atoms with Gasteiger partial charge < -0.3 is 19.6 Å². The van der Waals surface area contributed by atoms with Gasteiger partial charge in [-0.1, -0.05) is 23.4 Å². The lowest BCUT2D eigenvalue weighted by Crippen LogP contribution is -2.26. The van der Waals surface area contributed by atoms with Crippen LogP contribution < -0.4 is 14.8 Å². The van der Waals surface area contributed by atoms with Gasteiger partial charge in [0.15, 0.2) is 11.5 Å². The van der Waals surface area contributed by atoms with Crippen LogP contribution in [0.2, 0.25) is 0 Å². The van der Waals surface area contributed by atoms with Gasteiger partial charge in [0.2, 0.25) is 0 Å². The molecule has 0 aromatic heterocycles. The van der Waals surface area contributed by atoms with Crippen LogP contribution in [-0.2, 0) is 4.84 Å². The van der Waals surface area contributed by atoms with E-state index in [-0.39, 0.29) is 11.9 Å².